The third-order valence-electron chi connectivity index (χ3n) is 1.40. The van der Waals surface area contributed by atoms with Crippen LogP contribution >= 0.6 is 7.82 Å². The Labute approximate surface area is 79.6 Å². The maximum absolute atomic E-state index is 10.4. The smallest absolute Gasteiger partial charge is 0.404 e. The van der Waals surface area contributed by atoms with Crippen molar-refractivity contribution in [3.05, 3.63) is 29.8 Å². The van der Waals surface area contributed by atoms with Crippen molar-refractivity contribution in [2.45, 2.75) is 6.29 Å². The number of hydrogen-bond acceptors (Lipinski definition) is 4. The van der Waals surface area contributed by atoms with E-state index in [0.717, 1.165) is 0 Å². The quantitative estimate of drug-likeness (QED) is 0.426. The molecule has 0 saturated carbocycles. The number of benzene rings is 1. The van der Waals surface area contributed by atoms with E-state index in [-0.39, 0.29) is 11.3 Å². The Morgan fingerprint density at radius 1 is 1.14 bits per heavy atom. The topological polar surface area (TPSA) is 107 Å². The molecule has 7 heteroatoms. The molecule has 0 aliphatic rings. The number of aliphatic hydroxyl groups excluding tert-OH is 1. The Hall–Kier alpha value is -0.910. The van der Waals surface area contributed by atoms with Gasteiger partial charge in [0.05, 0.1) is 0 Å². The van der Waals surface area contributed by atoms with Crippen LogP contribution in [-0.2, 0) is 4.57 Å². The molecule has 4 N–H and O–H groups in total. The van der Waals surface area contributed by atoms with Crippen molar-refractivity contribution in [3.8, 4) is 5.75 Å². The second kappa shape index (κ2) is 4.08. The summed E-state index contributed by atoms with van der Waals surface area (Å²) in [6.45, 7) is 0. The summed E-state index contributed by atoms with van der Waals surface area (Å²) in [6, 6.07) is 5.03. The Morgan fingerprint density at radius 3 is 2.00 bits per heavy atom. The van der Waals surface area contributed by atoms with E-state index in [0.29, 0.717) is 0 Å². The minimum Gasteiger partial charge on any atom is -0.404 e. The molecular formula is C7H9O6P. The highest BCUT2D eigenvalue weighted by Gasteiger charge is 2.15. The Balaban J connectivity index is 2.79. The fourth-order valence-corrected chi connectivity index (χ4v) is 1.23. The fourth-order valence-electron chi connectivity index (χ4n) is 0.838. The summed E-state index contributed by atoms with van der Waals surface area (Å²) in [5, 5.41) is 17.4. The molecule has 0 amide bonds. The summed E-state index contributed by atoms with van der Waals surface area (Å²) in [6.07, 6.45) is -1.61. The van der Waals surface area contributed by atoms with E-state index in [9.17, 15) is 4.57 Å². The Kier molecular flexibility index (Phi) is 3.25. The molecule has 6 nitrogen and oxygen atoms in total. The van der Waals surface area contributed by atoms with Gasteiger partial charge in [-0.3, -0.25) is 9.79 Å². The standard InChI is InChI=1S/C7H9O6P/c8-7(9)5-1-3-6(4-2-5)13-14(10,11)12/h1-4,7-9H,(H2,10,11,12). The van der Waals surface area contributed by atoms with Crippen LogP contribution < -0.4 is 4.52 Å². The first kappa shape index (κ1) is 11.2. The van der Waals surface area contributed by atoms with Crippen LogP contribution in [0.2, 0.25) is 0 Å². The van der Waals surface area contributed by atoms with Crippen LogP contribution in [0.5, 0.6) is 5.75 Å². The van der Waals surface area contributed by atoms with Gasteiger partial charge in [-0.05, 0) is 12.1 Å². The highest BCUT2D eigenvalue weighted by Crippen LogP contribution is 2.37. The summed E-state index contributed by atoms with van der Waals surface area (Å²) in [5.74, 6) is -0.0391. The van der Waals surface area contributed by atoms with Crippen LogP contribution in [0.15, 0.2) is 24.3 Å². The number of hydrogen-bond donors (Lipinski definition) is 4. The van der Waals surface area contributed by atoms with Crippen LogP contribution in [0.3, 0.4) is 0 Å². The van der Waals surface area contributed by atoms with Gasteiger partial charge in [-0.2, -0.15) is 0 Å². The molecule has 0 aliphatic carbocycles. The van der Waals surface area contributed by atoms with E-state index in [1.165, 1.54) is 24.3 Å². The van der Waals surface area contributed by atoms with Crippen molar-refractivity contribution < 1.29 is 29.1 Å². The first-order valence-electron chi connectivity index (χ1n) is 3.60. The zero-order valence-electron chi connectivity index (χ0n) is 6.94. The lowest BCUT2D eigenvalue weighted by atomic mass is 10.2. The van der Waals surface area contributed by atoms with Crippen LogP contribution in [0.4, 0.5) is 0 Å². The zero-order valence-corrected chi connectivity index (χ0v) is 7.83. The lowest BCUT2D eigenvalue weighted by Gasteiger charge is -2.07. The zero-order chi connectivity index (χ0) is 10.8. The average Bonchev–Trinajstić information content (AvgIpc) is 2.02. The van der Waals surface area contributed by atoms with Crippen molar-refractivity contribution in [2.75, 3.05) is 0 Å². The fraction of sp³-hybridized carbons (Fsp3) is 0.143. The van der Waals surface area contributed by atoms with Gasteiger partial charge >= 0.3 is 7.82 Å². The molecule has 1 rings (SSSR count). The monoisotopic (exact) mass is 220 g/mol. The summed E-state index contributed by atoms with van der Waals surface area (Å²) in [4.78, 5) is 16.9. The molecule has 0 radical (unpaired) electrons. The maximum atomic E-state index is 10.4. The number of rotatable bonds is 3. The molecule has 0 heterocycles. The summed E-state index contributed by atoms with van der Waals surface area (Å²) in [5.41, 5.74) is 0.211. The van der Waals surface area contributed by atoms with Crippen LogP contribution in [0, 0.1) is 0 Å². The molecule has 1 aromatic rings. The van der Waals surface area contributed by atoms with Gasteiger partial charge in [0.2, 0.25) is 0 Å². The Morgan fingerprint density at radius 2 is 1.64 bits per heavy atom. The van der Waals surface area contributed by atoms with Crippen LogP contribution in [-0.4, -0.2) is 20.0 Å². The molecule has 0 bridgehead atoms. The van der Waals surface area contributed by atoms with E-state index in [1.807, 2.05) is 0 Å². The molecule has 0 unspecified atom stereocenters. The minimum absolute atomic E-state index is 0.0391. The third kappa shape index (κ3) is 3.45. The minimum atomic E-state index is -4.55. The van der Waals surface area contributed by atoms with Crippen molar-refractivity contribution in [1.29, 1.82) is 0 Å². The van der Waals surface area contributed by atoms with Crippen molar-refractivity contribution in [2.24, 2.45) is 0 Å². The highest BCUT2D eigenvalue weighted by molar-refractivity contribution is 7.46. The first-order chi connectivity index (χ1) is 6.38. The average molecular weight is 220 g/mol. The summed E-state index contributed by atoms with van der Waals surface area (Å²) in [7, 11) is -4.55. The number of aliphatic hydroxyl groups is 2. The lowest BCUT2D eigenvalue weighted by molar-refractivity contribution is -0.0424. The highest BCUT2D eigenvalue weighted by atomic mass is 31.2. The lowest BCUT2D eigenvalue weighted by Crippen LogP contribution is -1.95. The Bertz CT molecular complexity index is 340. The summed E-state index contributed by atoms with van der Waals surface area (Å²) < 4.78 is 14.6. The van der Waals surface area contributed by atoms with E-state index in [4.69, 9.17) is 20.0 Å². The molecule has 0 aliphatic heterocycles. The molecule has 14 heavy (non-hydrogen) atoms. The van der Waals surface area contributed by atoms with E-state index >= 15 is 0 Å². The first-order valence-corrected chi connectivity index (χ1v) is 5.13. The molecule has 0 aromatic heterocycles. The van der Waals surface area contributed by atoms with Gasteiger partial charge in [-0.25, -0.2) is 4.57 Å². The van der Waals surface area contributed by atoms with Gasteiger partial charge in [-0.1, -0.05) is 12.1 Å². The van der Waals surface area contributed by atoms with Gasteiger partial charge in [0.1, 0.15) is 5.75 Å². The van der Waals surface area contributed by atoms with E-state index in [2.05, 4.69) is 4.52 Å². The molecule has 0 saturated heterocycles. The second-order valence-corrected chi connectivity index (χ2v) is 3.69. The normalized spacial score (nSPS) is 11.8. The van der Waals surface area contributed by atoms with Gasteiger partial charge in [-0.15, -0.1) is 0 Å². The van der Waals surface area contributed by atoms with Gasteiger partial charge < -0.3 is 14.7 Å². The number of phosphoric acid groups is 1. The van der Waals surface area contributed by atoms with Gasteiger partial charge in [0, 0.05) is 5.56 Å². The number of phosphoric ester groups is 1. The summed E-state index contributed by atoms with van der Waals surface area (Å²) >= 11 is 0. The van der Waals surface area contributed by atoms with Crippen molar-refractivity contribution in [3.63, 3.8) is 0 Å². The van der Waals surface area contributed by atoms with Crippen molar-refractivity contribution >= 4 is 7.82 Å². The predicted molar refractivity (Wildman–Crippen MR) is 46.3 cm³/mol. The third-order valence-corrected chi connectivity index (χ3v) is 1.85. The van der Waals surface area contributed by atoms with E-state index in [1.54, 1.807) is 0 Å². The molecule has 0 fully saturated rings. The SMILES string of the molecule is O=P(O)(O)Oc1ccc(C(O)O)cc1. The predicted octanol–water partition coefficient (Wildman–Crippen LogP) is 0.141. The molecule has 1 aromatic carbocycles. The maximum Gasteiger partial charge on any atom is 0.524 e. The van der Waals surface area contributed by atoms with Gasteiger partial charge in [0.25, 0.3) is 0 Å². The largest absolute Gasteiger partial charge is 0.524 e. The molecular weight excluding hydrogens is 211 g/mol. The van der Waals surface area contributed by atoms with Crippen LogP contribution in [0.25, 0.3) is 0 Å². The van der Waals surface area contributed by atoms with Gasteiger partial charge in [0.15, 0.2) is 6.29 Å². The van der Waals surface area contributed by atoms with Crippen molar-refractivity contribution in [1.82, 2.24) is 0 Å². The van der Waals surface area contributed by atoms with E-state index < -0.39 is 14.1 Å². The molecule has 0 atom stereocenters. The molecule has 78 valence electrons. The van der Waals surface area contributed by atoms with Crippen LogP contribution in [0.1, 0.15) is 11.9 Å². The second-order valence-electron chi connectivity index (χ2n) is 2.52. The molecule has 0 spiro atoms.